The Balaban J connectivity index is 2.23. The molecule has 0 aliphatic heterocycles. The minimum Gasteiger partial charge on any atom is -0.385 e. The number of ether oxygens (including phenoxy) is 1. The molecule has 0 aromatic heterocycles. The zero-order valence-corrected chi connectivity index (χ0v) is 17.0. The predicted octanol–water partition coefficient (Wildman–Crippen LogP) is 2.82. The van der Waals surface area contributed by atoms with Crippen LogP contribution in [0.5, 0.6) is 0 Å². The number of hydrogen-bond donors (Lipinski definition) is 1. The molecule has 2 aromatic rings. The van der Waals surface area contributed by atoms with Gasteiger partial charge in [0, 0.05) is 37.4 Å². The molecular weight excluding hydrogens is 407 g/mol. The quantitative estimate of drug-likeness (QED) is 0.590. The molecule has 0 heterocycles. The van der Waals surface area contributed by atoms with Crippen molar-refractivity contribution in [3.8, 4) is 0 Å². The molecular formula is C19H22ClFN2O4S. The zero-order chi connectivity index (χ0) is 20.6. The second kappa shape index (κ2) is 10.5. The van der Waals surface area contributed by atoms with E-state index in [1.165, 1.54) is 42.5 Å². The van der Waals surface area contributed by atoms with Gasteiger partial charge in [0.2, 0.25) is 15.9 Å². The molecule has 6 nitrogen and oxygen atoms in total. The minimum atomic E-state index is -4.04. The summed E-state index contributed by atoms with van der Waals surface area (Å²) in [6.07, 6.45) is 0.597. The van der Waals surface area contributed by atoms with E-state index in [-0.39, 0.29) is 17.0 Å². The van der Waals surface area contributed by atoms with Crippen LogP contribution in [0, 0.1) is 5.82 Å². The van der Waals surface area contributed by atoms with Crippen LogP contribution in [0.3, 0.4) is 0 Å². The van der Waals surface area contributed by atoms with Crippen LogP contribution in [-0.4, -0.2) is 45.4 Å². The molecule has 1 amide bonds. The number of rotatable bonds is 10. The molecule has 28 heavy (non-hydrogen) atoms. The van der Waals surface area contributed by atoms with E-state index in [1.807, 2.05) is 0 Å². The second-order valence-electron chi connectivity index (χ2n) is 6.01. The lowest BCUT2D eigenvalue weighted by molar-refractivity contribution is -0.121. The number of carbonyl (C=O) groups excluding carboxylic acids is 1. The first kappa shape index (κ1) is 22.3. The Labute approximate surface area is 169 Å². The number of methoxy groups -OCH3 is 1. The highest BCUT2D eigenvalue weighted by atomic mass is 35.5. The summed E-state index contributed by atoms with van der Waals surface area (Å²) in [7, 11) is -2.49. The third-order valence-corrected chi connectivity index (χ3v) is 5.98. The van der Waals surface area contributed by atoms with Crippen LogP contribution >= 0.6 is 11.6 Å². The van der Waals surface area contributed by atoms with E-state index in [0.717, 1.165) is 4.31 Å². The van der Waals surface area contributed by atoms with Crippen molar-refractivity contribution in [3.63, 3.8) is 0 Å². The van der Waals surface area contributed by atoms with E-state index in [0.29, 0.717) is 24.6 Å². The molecule has 0 saturated heterocycles. The monoisotopic (exact) mass is 428 g/mol. The van der Waals surface area contributed by atoms with Crippen LogP contribution < -0.4 is 5.32 Å². The maximum atomic E-state index is 14.1. The summed E-state index contributed by atoms with van der Waals surface area (Å²) in [5, 5.41) is 3.03. The molecule has 0 aliphatic rings. The third-order valence-electron chi connectivity index (χ3n) is 3.92. The van der Waals surface area contributed by atoms with E-state index in [9.17, 15) is 17.6 Å². The molecule has 2 rings (SSSR count). The Morgan fingerprint density at radius 3 is 2.50 bits per heavy atom. The predicted molar refractivity (Wildman–Crippen MR) is 105 cm³/mol. The Bertz CT molecular complexity index is 891. The lowest BCUT2D eigenvalue weighted by Crippen LogP contribution is -2.40. The summed E-state index contributed by atoms with van der Waals surface area (Å²) in [4.78, 5) is 12.2. The van der Waals surface area contributed by atoms with Gasteiger partial charge in [0.1, 0.15) is 5.82 Å². The number of nitrogens with one attached hydrogen (secondary N) is 1. The maximum Gasteiger partial charge on any atom is 0.243 e. The number of halogens is 2. The Hall–Kier alpha value is -2.00. The number of benzene rings is 2. The molecule has 9 heteroatoms. The summed E-state index contributed by atoms with van der Waals surface area (Å²) in [6.45, 7) is 0.110. The van der Waals surface area contributed by atoms with E-state index in [2.05, 4.69) is 5.32 Å². The molecule has 0 aliphatic carbocycles. The van der Waals surface area contributed by atoms with Gasteiger partial charge in [-0.2, -0.15) is 4.31 Å². The van der Waals surface area contributed by atoms with Crippen molar-refractivity contribution in [1.82, 2.24) is 9.62 Å². The number of amides is 1. The van der Waals surface area contributed by atoms with Gasteiger partial charge in [-0.3, -0.25) is 4.79 Å². The standard InChI is InChI=1S/C19H22ClFN2O4S/c1-27-12-4-11-22-19(24)14-23(13-15-5-2-3-6-18(15)21)28(25,26)17-9-7-16(20)8-10-17/h2-3,5-10H,4,11-14H2,1H3,(H,22,24). The smallest absolute Gasteiger partial charge is 0.243 e. The third kappa shape index (κ3) is 6.27. The van der Waals surface area contributed by atoms with Gasteiger partial charge in [-0.25, -0.2) is 12.8 Å². The molecule has 0 fully saturated rings. The van der Waals surface area contributed by atoms with E-state index < -0.39 is 28.3 Å². The average Bonchev–Trinajstić information content (AvgIpc) is 2.66. The van der Waals surface area contributed by atoms with Crippen molar-refractivity contribution < 1.29 is 22.3 Å². The highest BCUT2D eigenvalue weighted by Gasteiger charge is 2.27. The Morgan fingerprint density at radius 2 is 1.86 bits per heavy atom. The molecule has 2 aromatic carbocycles. The molecule has 0 spiro atoms. The Morgan fingerprint density at radius 1 is 1.18 bits per heavy atom. The van der Waals surface area contributed by atoms with Crippen LogP contribution in [0.2, 0.25) is 5.02 Å². The summed E-state index contributed by atoms with van der Waals surface area (Å²) in [5.41, 5.74) is 0.173. The molecule has 152 valence electrons. The van der Waals surface area contributed by atoms with Gasteiger partial charge in [-0.15, -0.1) is 0 Å². The SMILES string of the molecule is COCCCNC(=O)CN(Cc1ccccc1F)S(=O)(=O)c1ccc(Cl)cc1. The zero-order valence-electron chi connectivity index (χ0n) is 15.4. The molecule has 1 N–H and O–H groups in total. The van der Waals surface area contributed by atoms with Crippen LogP contribution in [-0.2, 0) is 26.1 Å². The van der Waals surface area contributed by atoms with E-state index in [4.69, 9.17) is 16.3 Å². The van der Waals surface area contributed by atoms with Gasteiger partial charge < -0.3 is 10.1 Å². The summed E-state index contributed by atoms with van der Waals surface area (Å²) in [6, 6.07) is 11.4. The van der Waals surface area contributed by atoms with Gasteiger partial charge >= 0.3 is 0 Å². The Kier molecular flexibility index (Phi) is 8.37. The minimum absolute atomic E-state index is 0.0274. The number of nitrogens with zero attached hydrogens (tertiary/aromatic N) is 1. The first-order valence-corrected chi connectivity index (χ1v) is 10.4. The van der Waals surface area contributed by atoms with Gasteiger partial charge in [0.05, 0.1) is 11.4 Å². The number of sulfonamides is 1. The second-order valence-corrected chi connectivity index (χ2v) is 8.39. The van der Waals surface area contributed by atoms with Gasteiger partial charge in [-0.1, -0.05) is 29.8 Å². The van der Waals surface area contributed by atoms with Crippen molar-refractivity contribution in [2.45, 2.75) is 17.9 Å². The van der Waals surface area contributed by atoms with Crippen LogP contribution in [0.25, 0.3) is 0 Å². The van der Waals surface area contributed by atoms with Gasteiger partial charge in [0.25, 0.3) is 0 Å². The normalized spacial score (nSPS) is 11.6. The van der Waals surface area contributed by atoms with Crippen molar-refractivity contribution in [2.24, 2.45) is 0 Å². The molecule has 0 radical (unpaired) electrons. The van der Waals surface area contributed by atoms with Crippen LogP contribution in [0.1, 0.15) is 12.0 Å². The highest BCUT2D eigenvalue weighted by Crippen LogP contribution is 2.21. The largest absolute Gasteiger partial charge is 0.385 e. The molecule has 0 atom stereocenters. The van der Waals surface area contributed by atoms with Crippen molar-refractivity contribution in [2.75, 3.05) is 26.8 Å². The molecule has 0 unspecified atom stereocenters. The number of hydrogen-bond acceptors (Lipinski definition) is 4. The highest BCUT2D eigenvalue weighted by molar-refractivity contribution is 7.89. The molecule has 0 saturated carbocycles. The van der Waals surface area contributed by atoms with Gasteiger partial charge in [0.15, 0.2) is 0 Å². The van der Waals surface area contributed by atoms with E-state index >= 15 is 0 Å². The maximum absolute atomic E-state index is 14.1. The first-order valence-electron chi connectivity index (χ1n) is 8.59. The average molecular weight is 429 g/mol. The van der Waals surface area contributed by atoms with E-state index in [1.54, 1.807) is 13.2 Å². The van der Waals surface area contributed by atoms with Crippen molar-refractivity contribution in [3.05, 3.63) is 64.9 Å². The summed E-state index contributed by atoms with van der Waals surface area (Å²) >= 11 is 5.83. The van der Waals surface area contributed by atoms with Crippen molar-refractivity contribution in [1.29, 1.82) is 0 Å². The van der Waals surface area contributed by atoms with Crippen LogP contribution in [0.15, 0.2) is 53.4 Å². The summed E-state index contributed by atoms with van der Waals surface area (Å²) < 4.78 is 46.0. The van der Waals surface area contributed by atoms with Gasteiger partial charge in [-0.05, 0) is 36.8 Å². The van der Waals surface area contributed by atoms with Crippen LogP contribution in [0.4, 0.5) is 4.39 Å². The summed E-state index contributed by atoms with van der Waals surface area (Å²) in [5.74, 6) is -1.02. The fraction of sp³-hybridized carbons (Fsp3) is 0.316. The topological polar surface area (TPSA) is 75.7 Å². The lowest BCUT2D eigenvalue weighted by atomic mass is 10.2. The molecule has 0 bridgehead atoms. The number of carbonyl (C=O) groups is 1. The fourth-order valence-electron chi connectivity index (χ4n) is 2.46. The lowest BCUT2D eigenvalue weighted by Gasteiger charge is -2.22. The van der Waals surface area contributed by atoms with Crippen molar-refractivity contribution >= 4 is 27.5 Å². The first-order chi connectivity index (χ1) is 13.3. The fourth-order valence-corrected chi connectivity index (χ4v) is 3.96.